The van der Waals surface area contributed by atoms with Crippen LogP contribution in [0.4, 0.5) is 5.69 Å². The Balaban J connectivity index is 1.77. The van der Waals surface area contributed by atoms with Crippen LogP contribution in [0.3, 0.4) is 0 Å². The summed E-state index contributed by atoms with van der Waals surface area (Å²) in [7, 11) is 1.73. The van der Waals surface area contributed by atoms with Crippen LogP contribution in [0.2, 0.25) is 5.02 Å². The maximum absolute atomic E-state index is 13.0. The quantitative estimate of drug-likeness (QED) is 0.499. The average molecular weight is 378 g/mol. The molecular formula is C21H16ClN3O2. The fourth-order valence-corrected chi connectivity index (χ4v) is 2.93. The van der Waals surface area contributed by atoms with Crippen molar-refractivity contribution >= 4 is 23.2 Å². The van der Waals surface area contributed by atoms with Gasteiger partial charge in [0, 0.05) is 23.8 Å². The van der Waals surface area contributed by atoms with E-state index in [0.717, 1.165) is 11.4 Å². The van der Waals surface area contributed by atoms with Crippen LogP contribution in [0.5, 0.6) is 0 Å². The minimum absolute atomic E-state index is 0.207. The van der Waals surface area contributed by atoms with E-state index in [4.69, 9.17) is 16.0 Å². The summed E-state index contributed by atoms with van der Waals surface area (Å²) in [6.07, 6.45) is 1.59. The van der Waals surface area contributed by atoms with E-state index in [0.29, 0.717) is 22.2 Å². The largest absolute Gasteiger partial charge is 0.463 e. The Hall–Kier alpha value is -3.31. The molecule has 0 saturated heterocycles. The number of carbonyl (C=O) groups excluding carboxylic acids is 1. The summed E-state index contributed by atoms with van der Waals surface area (Å²) in [5.74, 6) is 0.417. The van der Waals surface area contributed by atoms with Gasteiger partial charge in [0.15, 0.2) is 11.5 Å². The Morgan fingerprint density at radius 1 is 1.04 bits per heavy atom. The normalized spacial score (nSPS) is 10.7. The summed E-state index contributed by atoms with van der Waals surface area (Å²) in [5.41, 5.74) is 2.59. The summed E-state index contributed by atoms with van der Waals surface area (Å²) in [4.78, 5) is 14.5. The lowest BCUT2D eigenvalue weighted by molar-refractivity contribution is 0.0988. The number of rotatable bonds is 4. The Bertz CT molecular complexity index is 1050. The number of aromatic nitrogens is 2. The molecule has 5 nitrogen and oxygen atoms in total. The van der Waals surface area contributed by atoms with Crippen LogP contribution in [0.1, 0.15) is 10.5 Å². The molecule has 134 valence electrons. The summed E-state index contributed by atoms with van der Waals surface area (Å²) in [6, 6.07) is 22.0. The molecule has 0 N–H and O–H groups in total. The second kappa shape index (κ2) is 7.13. The SMILES string of the molecule is CN(C(=O)c1cc(-c2ccco2)n(-c2ccc(Cl)cc2)n1)c1ccccc1. The number of hydrogen-bond acceptors (Lipinski definition) is 3. The molecule has 0 atom stereocenters. The average Bonchev–Trinajstić information content (AvgIpc) is 3.38. The third-order valence-electron chi connectivity index (χ3n) is 4.22. The van der Waals surface area contributed by atoms with Crippen LogP contribution in [-0.4, -0.2) is 22.7 Å². The van der Waals surface area contributed by atoms with Crippen LogP contribution >= 0.6 is 11.6 Å². The highest BCUT2D eigenvalue weighted by Gasteiger charge is 2.21. The number of nitrogens with zero attached hydrogens (tertiary/aromatic N) is 3. The van der Waals surface area contributed by atoms with Gasteiger partial charge >= 0.3 is 0 Å². The first kappa shape index (κ1) is 17.1. The monoisotopic (exact) mass is 377 g/mol. The number of amides is 1. The molecule has 1 amide bonds. The van der Waals surface area contributed by atoms with Crippen molar-refractivity contribution in [1.82, 2.24) is 9.78 Å². The van der Waals surface area contributed by atoms with E-state index < -0.39 is 0 Å². The number of furan rings is 1. The molecule has 2 heterocycles. The molecule has 0 aliphatic rings. The summed E-state index contributed by atoms with van der Waals surface area (Å²) >= 11 is 5.99. The zero-order valence-electron chi connectivity index (χ0n) is 14.5. The lowest BCUT2D eigenvalue weighted by Crippen LogP contribution is -2.26. The zero-order valence-corrected chi connectivity index (χ0v) is 15.3. The highest BCUT2D eigenvalue weighted by molar-refractivity contribution is 6.30. The molecular weight excluding hydrogens is 362 g/mol. The molecule has 0 radical (unpaired) electrons. The Morgan fingerprint density at radius 2 is 1.78 bits per heavy atom. The first-order valence-corrected chi connectivity index (χ1v) is 8.74. The Labute approximate surface area is 161 Å². The van der Waals surface area contributed by atoms with Gasteiger partial charge in [0.1, 0.15) is 5.69 Å². The van der Waals surface area contributed by atoms with Crippen molar-refractivity contribution in [3.63, 3.8) is 0 Å². The van der Waals surface area contributed by atoms with Crippen molar-refractivity contribution in [3.05, 3.63) is 89.8 Å². The fourth-order valence-electron chi connectivity index (χ4n) is 2.81. The third kappa shape index (κ3) is 3.37. The van der Waals surface area contributed by atoms with Gasteiger partial charge in [-0.25, -0.2) is 4.68 Å². The van der Waals surface area contributed by atoms with Crippen LogP contribution in [0.25, 0.3) is 17.1 Å². The molecule has 4 rings (SSSR count). The lowest BCUT2D eigenvalue weighted by atomic mass is 10.2. The lowest BCUT2D eigenvalue weighted by Gasteiger charge is -2.15. The molecule has 0 bridgehead atoms. The predicted octanol–water partition coefficient (Wildman–Crippen LogP) is 5.06. The van der Waals surface area contributed by atoms with Crippen molar-refractivity contribution in [2.45, 2.75) is 0 Å². The van der Waals surface area contributed by atoms with Gasteiger partial charge in [-0.3, -0.25) is 4.79 Å². The van der Waals surface area contributed by atoms with Gasteiger partial charge in [-0.05, 0) is 48.5 Å². The number of hydrogen-bond donors (Lipinski definition) is 0. The molecule has 0 aliphatic heterocycles. The maximum atomic E-state index is 13.0. The van der Waals surface area contributed by atoms with Crippen LogP contribution < -0.4 is 4.90 Å². The first-order valence-electron chi connectivity index (χ1n) is 8.36. The van der Waals surface area contributed by atoms with E-state index in [2.05, 4.69) is 5.10 Å². The highest BCUT2D eigenvalue weighted by atomic mass is 35.5. The highest BCUT2D eigenvalue weighted by Crippen LogP contribution is 2.26. The molecule has 27 heavy (non-hydrogen) atoms. The second-order valence-electron chi connectivity index (χ2n) is 5.98. The van der Waals surface area contributed by atoms with E-state index in [1.54, 1.807) is 47.2 Å². The molecule has 0 saturated carbocycles. The standard InChI is InChI=1S/C21H16ClN3O2/c1-24(16-6-3-2-4-7-16)21(26)18-14-19(20-8-5-13-27-20)25(23-18)17-11-9-15(22)10-12-17/h2-14H,1H3. The molecule has 2 aromatic heterocycles. The smallest absolute Gasteiger partial charge is 0.278 e. The van der Waals surface area contributed by atoms with Crippen molar-refractivity contribution in [1.29, 1.82) is 0 Å². The van der Waals surface area contributed by atoms with E-state index in [1.165, 1.54) is 0 Å². The molecule has 0 unspecified atom stereocenters. The van der Waals surface area contributed by atoms with Gasteiger partial charge in [-0.2, -0.15) is 5.10 Å². The van der Waals surface area contributed by atoms with Gasteiger partial charge in [-0.15, -0.1) is 0 Å². The van der Waals surface area contributed by atoms with Gasteiger partial charge < -0.3 is 9.32 Å². The minimum atomic E-state index is -0.207. The summed E-state index contributed by atoms with van der Waals surface area (Å²) in [6.45, 7) is 0. The van der Waals surface area contributed by atoms with Crippen LogP contribution in [-0.2, 0) is 0 Å². The van der Waals surface area contributed by atoms with E-state index in [1.807, 2.05) is 48.5 Å². The topological polar surface area (TPSA) is 51.3 Å². The fraction of sp³-hybridized carbons (Fsp3) is 0.0476. The van der Waals surface area contributed by atoms with Gasteiger partial charge in [0.05, 0.1) is 12.0 Å². The van der Waals surface area contributed by atoms with Crippen LogP contribution in [0.15, 0.2) is 83.5 Å². The van der Waals surface area contributed by atoms with Gasteiger partial charge in [0.25, 0.3) is 5.91 Å². The number of halogens is 1. The van der Waals surface area contributed by atoms with Gasteiger partial charge in [-0.1, -0.05) is 29.8 Å². The molecule has 6 heteroatoms. The zero-order chi connectivity index (χ0) is 18.8. The summed E-state index contributed by atoms with van der Waals surface area (Å²) in [5, 5.41) is 5.17. The number of anilines is 1. The number of benzene rings is 2. The number of para-hydroxylation sites is 1. The Kier molecular flexibility index (Phi) is 4.52. The molecule has 0 spiro atoms. The first-order chi connectivity index (χ1) is 13.1. The van der Waals surface area contributed by atoms with Gasteiger partial charge in [0.2, 0.25) is 0 Å². The molecule has 0 fully saturated rings. The van der Waals surface area contributed by atoms with Crippen LogP contribution in [0, 0.1) is 0 Å². The number of carbonyl (C=O) groups is 1. The third-order valence-corrected chi connectivity index (χ3v) is 4.47. The van der Waals surface area contributed by atoms with E-state index >= 15 is 0 Å². The van der Waals surface area contributed by atoms with Crippen molar-refractivity contribution < 1.29 is 9.21 Å². The molecule has 4 aromatic rings. The predicted molar refractivity (Wildman–Crippen MR) is 105 cm³/mol. The van der Waals surface area contributed by atoms with E-state index in [-0.39, 0.29) is 5.91 Å². The van der Waals surface area contributed by atoms with Crippen molar-refractivity contribution in [2.24, 2.45) is 0 Å². The summed E-state index contributed by atoms with van der Waals surface area (Å²) < 4.78 is 7.21. The van der Waals surface area contributed by atoms with Crippen molar-refractivity contribution in [2.75, 3.05) is 11.9 Å². The maximum Gasteiger partial charge on any atom is 0.278 e. The Morgan fingerprint density at radius 3 is 2.44 bits per heavy atom. The van der Waals surface area contributed by atoms with Crippen molar-refractivity contribution in [3.8, 4) is 17.1 Å². The molecule has 0 aliphatic carbocycles. The molecule has 2 aromatic carbocycles. The minimum Gasteiger partial charge on any atom is -0.463 e. The second-order valence-corrected chi connectivity index (χ2v) is 6.42. The van der Waals surface area contributed by atoms with E-state index in [9.17, 15) is 4.79 Å².